The number of rotatable bonds is 2. The molecule has 0 radical (unpaired) electrons. The van der Waals surface area contributed by atoms with E-state index in [9.17, 15) is 4.79 Å². The van der Waals surface area contributed by atoms with Crippen LogP contribution in [0.4, 0.5) is 5.69 Å². The average Bonchev–Trinajstić information content (AvgIpc) is 3.09. The van der Waals surface area contributed by atoms with Crippen LogP contribution in [-0.2, 0) is 0 Å². The standard InChI is InChI=1S/C19H18ClN3O/c20-16-2-1-3-17(13-16)22-8-10-23(11-9-22)19(24)15-5-4-14-6-7-21-18(14)12-15/h1-7,12-13,21H,8-11H2. The van der Waals surface area contributed by atoms with Crippen LogP contribution in [0.25, 0.3) is 10.9 Å². The Kier molecular flexibility index (Phi) is 3.90. The van der Waals surface area contributed by atoms with Crippen LogP contribution in [0.5, 0.6) is 0 Å². The number of nitrogens with one attached hydrogen (secondary N) is 1. The molecule has 5 heteroatoms. The summed E-state index contributed by atoms with van der Waals surface area (Å²) < 4.78 is 0. The Hall–Kier alpha value is -2.46. The fourth-order valence-corrected chi connectivity index (χ4v) is 3.39. The van der Waals surface area contributed by atoms with Gasteiger partial charge < -0.3 is 14.8 Å². The molecular weight excluding hydrogens is 322 g/mol. The molecule has 1 amide bonds. The van der Waals surface area contributed by atoms with Crippen molar-refractivity contribution in [3.05, 3.63) is 65.3 Å². The molecule has 0 unspecified atom stereocenters. The lowest BCUT2D eigenvalue weighted by molar-refractivity contribution is 0.0747. The van der Waals surface area contributed by atoms with Crippen LogP contribution in [0.15, 0.2) is 54.7 Å². The molecule has 0 aliphatic carbocycles. The molecule has 4 rings (SSSR count). The fraction of sp³-hybridized carbons (Fsp3) is 0.211. The normalized spacial score (nSPS) is 15.0. The van der Waals surface area contributed by atoms with E-state index in [1.54, 1.807) is 0 Å². The molecule has 24 heavy (non-hydrogen) atoms. The molecule has 1 aliphatic rings. The summed E-state index contributed by atoms with van der Waals surface area (Å²) in [6.07, 6.45) is 1.89. The lowest BCUT2D eigenvalue weighted by atomic mass is 10.1. The van der Waals surface area contributed by atoms with Crippen molar-refractivity contribution in [3.63, 3.8) is 0 Å². The van der Waals surface area contributed by atoms with Gasteiger partial charge in [-0.3, -0.25) is 4.79 Å². The Morgan fingerprint density at radius 3 is 2.62 bits per heavy atom. The van der Waals surface area contributed by atoms with Gasteiger partial charge in [0.05, 0.1) is 0 Å². The molecule has 1 N–H and O–H groups in total. The summed E-state index contributed by atoms with van der Waals surface area (Å²) >= 11 is 6.07. The maximum absolute atomic E-state index is 12.7. The van der Waals surface area contributed by atoms with Crippen LogP contribution in [0, 0.1) is 0 Å². The minimum absolute atomic E-state index is 0.0947. The van der Waals surface area contributed by atoms with Gasteiger partial charge in [-0.1, -0.05) is 23.7 Å². The number of hydrogen-bond acceptors (Lipinski definition) is 2. The van der Waals surface area contributed by atoms with E-state index in [2.05, 4.69) is 16.0 Å². The number of amides is 1. The zero-order valence-corrected chi connectivity index (χ0v) is 14.0. The molecule has 1 saturated heterocycles. The van der Waals surface area contributed by atoms with Crippen LogP contribution < -0.4 is 4.90 Å². The Balaban J connectivity index is 1.46. The Morgan fingerprint density at radius 1 is 1.00 bits per heavy atom. The molecule has 1 aliphatic heterocycles. The van der Waals surface area contributed by atoms with E-state index in [-0.39, 0.29) is 5.91 Å². The first-order valence-corrected chi connectivity index (χ1v) is 8.45. The molecule has 122 valence electrons. The van der Waals surface area contributed by atoms with E-state index in [1.807, 2.05) is 53.6 Å². The predicted molar refractivity (Wildman–Crippen MR) is 97.9 cm³/mol. The highest BCUT2D eigenvalue weighted by Crippen LogP contribution is 2.22. The molecular formula is C19H18ClN3O. The fourth-order valence-electron chi connectivity index (χ4n) is 3.20. The van der Waals surface area contributed by atoms with Gasteiger partial charge in [0.15, 0.2) is 0 Å². The summed E-state index contributed by atoms with van der Waals surface area (Å²) in [7, 11) is 0. The lowest BCUT2D eigenvalue weighted by Crippen LogP contribution is -2.48. The third-order valence-corrected chi connectivity index (χ3v) is 4.78. The third kappa shape index (κ3) is 2.85. The molecule has 0 atom stereocenters. The number of carbonyl (C=O) groups excluding carboxylic acids is 1. The smallest absolute Gasteiger partial charge is 0.254 e. The van der Waals surface area contributed by atoms with Crippen molar-refractivity contribution >= 4 is 34.1 Å². The Morgan fingerprint density at radius 2 is 1.83 bits per heavy atom. The monoisotopic (exact) mass is 339 g/mol. The number of benzene rings is 2. The van der Waals surface area contributed by atoms with Gasteiger partial charge in [-0.15, -0.1) is 0 Å². The molecule has 4 nitrogen and oxygen atoms in total. The van der Waals surface area contributed by atoms with Gasteiger partial charge in [0.2, 0.25) is 0 Å². The quantitative estimate of drug-likeness (QED) is 0.771. The van der Waals surface area contributed by atoms with E-state index in [1.165, 1.54) is 0 Å². The van der Waals surface area contributed by atoms with Gasteiger partial charge in [0, 0.05) is 54.2 Å². The third-order valence-electron chi connectivity index (χ3n) is 4.54. The van der Waals surface area contributed by atoms with E-state index in [0.29, 0.717) is 13.1 Å². The van der Waals surface area contributed by atoms with Crippen molar-refractivity contribution in [1.29, 1.82) is 0 Å². The number of fused-ring (bicyclic) bond motifs is 1. The van der Waals surface area contributed by atoms with Crippen molar-refractivity contribution in [1.82, 2.24) is 9.88 Å². The maximum Gasteiger partial charge on any atom is 0.254 e. The largest absolute Gasteiger partial charge is 0.368 e. The predicted octanol–water partition coefficient (Wildman–Crippen LogP) is 3.78. The molecule has 1 fully saturated rings. The van der Waals surface area contributed by atoms with Crippen molar-refractivity contribution in [2.45, 2.75) is 0 Å². The molecule has 2 aromatic carbocycles. The van der Waals surface area contributed by atoms with E-state index in [0.717, 1.165) is 40.3 Å². The first kappa shape index (κ1) is 15.1. The number of piperazine rings is 1. The summed E-state index contributed by atoms with van der Waals surface area (Å²) in [5.74, 6) is 0.0947. The Bertz CT molecular complexity index is 881. The number of H-pyrrole nitrogens is 1. The van der Waals surface area contributed by atoms with E-state index >= 15 is 0 Å². The van der Waals surface area contributed by atoms with Gasteiger partial charge >= 0.3 is 0 Å². The second-order valence-electron chi connectivity index (χ2n) is 6.04. The Labute approximate surface area is 145 Å². The number of aromatic amines is 1. The van der Waals surface area contributed by atoms with Gasteiger partial charge in [-0.05, 0) is 41.8 Å². The summed E-state index contributed by atoms with van der Waals surface area (Å²) in [6.45, 7) is 3.07. The molecule has 0 spiro atoms. The van der Waals surface area contributed by atoms with Gasteiger partial charge in [0.1, 0.15) is 0 Å². The molecule has 0 bridgehead atoms. The SMILES string of the molecule is O=C(c1ccc2cc[nH]c2c1)N1CCN(c2cccc(Cl)c2)CC1. The van der Waals surface area contributed by atoms with Crippen molar-refractivity contribution in [2.75, 3.05) is 31.1 Å². The topological polar surface area (TPSA) is 39.3 Å². The number of carbonyl (C=O) groups is 1. The molecule has 1 aromatic heterocycles. The molecule has 0 saturated carbocycles. The maximum atomic E-state index is 12.7. The van der Waals surface area contributed by atoms with E-state index < -0.39 is 0 Å². The van der Waals surface area contributed by atoms with Crippen molar-refractivity contribution < 1.29 is 4.79 Å². The van der Waals surface area contributed by atoms with Gasteiger partial charge in [-0.25, -0.2) is 0 Å². The number of nitrogens with zero attached hydrogens (tertiary/aromatic N) is 2. The minimum Gasteiger partial charge on any atom is -0.368 e. The minimum atomic E-state index is 0.0947. The van der Waals surface area contributed by atoms with Gasteiger partial charge in [-0.2, -0.15) is 0 Å². The summed E-state index contributed by atoms with van der Waals surface area (Å²) in [5, 5.41) is 1.86. The average molecular weight is 340 g/mol. The zero-order chi connectivity index (χ0) is 16.5. The van der Waals surface area contributed by atoms with Crippen LogP contribution >= 0.6 is 11.6 Å². The summed E-state index contributed by atoms with van der Waals surface area (Å²) in [5.41, 5.74) is 2.85. The summed E-state index contributed by atoms with van der Waals surface area (Å²) in [6, 6.07) is 15.7. The number of aromatic nitrogens is 1. The van der Waals surface area contributed by atoms with Crippen LogP contribution in [-0.4, -0.2) is 42.0 Å². The lowest BCUT2D eigenvalue weighted by Gasteiger charge is -2.36. The second-order valence-corrected chi connectivity index (χ2v) is 6.48. The molecule has 3 aromatic rings. The van der Waals surface area contributed by atoms with Gasteiger partial charge in [0.25, 0.3) is 5.91 Å². The first-order chi connectivity index (χ1) is 11.7. The van der Waals surface area contributed by atoms with Crippen molar-refractivity contribution in [2.24, 2.45) is 0 Å². The van der Waals surface area contributed by atoms with Crippen LogP contribution in [0.2, 0.25) is 5.02 Å². The van der Waals surface area contributed by atoms with Crippen LogP contribution in [0.3, 0.4) is 0 Å². The number of anilines is 1. The van der Waals surface area contributed by atoms with E-state index in [4.69, 9.17) is 11.6 Å². The zero-order valence-electron chi connectivity index (χ0n) is 13.2. The second kappa shape index (κ2) is 6.21. The van der Waals surface area contributed by atoms with Crippen molar-refractivity contribution in [3.8, 4) is 0 Å². The highest BCUT2D eigenvalue weighted by atomic mass is 35.5. The number of halogens is 1. The number of hydrogen-bond donors (Lipinski definition) is 1. The highest BCUT2D eigenvalue weighted by molar-refractivity contribution is 6.30. The van der Waals surface area contributed by atoms with Crippen LogP contribution in [0.1, 0.15) is 10.4 Å². The first-order valence-electron chi connectivity index (χ1n) is 8.08. The highest BCUT2D eigenvalue weighted by Gasteiger charge is 2.22. The molecule has 2 heterocycles. The summed E-state index contributed by atoms with van der Waals surface area (Å²) in [4.78, 5) is 20.1.